The van der Waals surface area contributed by atoms with Gasteiger partial charge in [0.1, 0.15) is 5.60 Å². The summed E-state index contributed by atoms with van der Waals surface area (Å²) in [5.74, 6) is 0.749. The predicted octanol–water partition coefficient (Wildman–Crippen LogP) is 1.03. The highest BCUT2D eigenvalue weighted by molar-refractivity contribution is 5.79. The Hall–Kier alpha value is -1.54. The molecular weight excluding hydrogens is 322 g/mol. The molecule has 0 aromatic heterocycles. The first-order valence-electron chi connectivity index (χ1n) is 8.95. The van der Waals surface area contributed by atoms with Crippen LogP contribution >= 0.6 is 0 Å². The number of nitrogens with zero attached hydrogens (tertiary/aromatic N) is 2. The number of alkyl carbamates (subject to hydrolysis) is 1. The average Bonchev–Trinajstić information content (AvgIpc) is 2.50. The van der Waals surface area contributed by atoms with Crippen molar-refractivity contribution in [2.75, 3.05) is 60.0 Å². The van der Waals surface area contributed by atoms with Crippen molar-refractivity contribution in [3.05, 3.63) is 0 Å². The van der Waals surface area contributed by atoms with Crippen molar-refractivity contribution in [1.29, 1.82) is 0 Å². The van der Waals surface area contributed by atoms with E-state index in [9.17, 15) is 4.79 Å². The minimum absolute atomic E-state index is 0.408. The van der Waals surface area contributed by atoms with E-state index in [0.717, 1.165) is 38.6 Å². The summed E-state index contributed by atoms with van der Waals surface area (Å²) in [7, 11) is 3.80. The Labute approximate surface area is 152 Å². The highest BCUT2D eigenvalue weighted by Crippen LogP contribution is 2.05. The Kier molecular flexibility index (Phi) is 12.9. The Bertz CT molecular complexity index is 383. The predicted molar refractivity (Wildman–Crippen MR) is 102 cm³/mol. The number of likely N-dealkylation sites (N-methyl/N-ethyl adjacent to an activating group) is 1. The van der Waals surface area contributed by atoms with Gasteiger partial charge in [0.25, 0.3) is 0 Å². The van der Waals surface area contributed by atoms with Gasteiger partial charge in [0.05, 0.1) is 6.54 Å². The molecule has 148 valence electrons. The molecule has 0 heterocycles. The molecule has 0 aliphatic heterocycles. The number of hydrogen-bond donors (Lipinski definition) is 3. The van der Waals surface area contributed by atoms with Gasteiger partial charge in [0, 0.05) is 46.4 Å². The molecule has 25 heavy (non-hydrogen) atoms. The van der Waals surface area contributed by atoms with E-state index < -0.39 is 11.7 Å². The molecule has 1 amide bonds. The summed E-state index contributed by atoms with van der Waals surface area (Å²) in [6.45, 7) is 12.7. The fraction of sp³-hybridized carbons (Fsp3) is 0.882. The maximum absolute atomic E-state index is 11.6. The molecule has 8 nitrogen and oxygen atoms in total. The van der Waals surface area contributed by atoms with Crippen LogP contribution in [0.2, 0.25) is 0 Å². The van der Waals surface area contributed by atoms with Crippen molar-refractivity contribution >= 4 is 12.1 Å². The van der Waals surface area contributed by atoms with Gasteiger partial charge >= 0.3 is 6.09 Å². The number of amides is 1. The first-order chi connectivity index (χ1) is 11.8. The summed E-state index contributed by atoms with van der Waals surface area (Å²) < 4.78 is 10.2. The van der Waals surface area contributed by atoms with E-state index in [1.54, 1.807) is 7.11 Å². The second kappa shape index (κ2) is 13.7. The number of aliphatic imine (C=N–C) groups is 1. The number of carbonyl (C=O) groups is 1. The third-order valence-electron chi connectivity index (χ3n) is 3.07. The van der Waals surface area contributed by atoms with Crippen LogP contribution < -0.4 is 16.0 Å². The molecule has 0 spiro atoms. The van der Waals surface area contributed by atoms with E-state index in [2.05, 4.69) is 32.9 Å². The molecule has 0 rings (SSSR count). The van der Waals surface area contributed by atoms with Crippen LogP contribution in [0.3, 0.4) is 0 Å². The third kappa shape index (κ3) is 15.7. The van der Waals surface area contributed by atoms with E-state index >= 15 is 0 Å². The van der Waals surface area contributed by atoms with Gasteiger partial charge in [-0.1, -0.05) is 0 Å². The number of nitrogens with one attached hydrogen (secondary N) is 3. The third-order valence-corrected chi connectivity index (χ3v) is 3.07. The minimum atomic E-state index is -0.483. The summed E-state index contributed by atoms with van der Waals surface area (Å²) in [5.41, 5.74) is -0.483. The van der Waals surface area contributed by atoms with Gasteiger partial charge in [0.15, 0.2) is 5.96 Å². The van der Waals surface area contributed by atoms with Gasteiger partial charge in [-0.25, -0.2) is 4.79 Å². The molecule has 0 aromatic carbocycles. The quantitative estimate of drug-likeness (QED) is 0.290. The van der Waals surface area contributed by atoms with Gasteiger partial charge in [-0.05, 0) is 41.2 Å². The number of rotatable bonds is 11. The number of hydrogen-bond acceptors (Lipinski definition) is 5. The molecule has 8 heteroatoms. The van der Waals surface area contributed by atoms with E-state index in [4.69, 9.17) is 9.47 Å². The van der Waals surface area contributed by atoms with Gasteiger partial charge < -0.3 is 30.3 Å². The topological polar surface area (TPSA) is 87.2 Å². The first kappa shape index (κ1) is 23.5. The molecule has 0 atom stereocenters. The normalized spacial score (nSPS) is 12.2. The second-order valence-corrected chi connectivity index (χ2v) is 6.77. The van der Waals surface area contributed by atoms with Gasteiger partial charge in [-0.3, -0.25) is 4.99 Å². The van der Waals surface area contributed by atoms with Crippen LogP contribution in [0.1, 0.15) is 34.1 Å². The van der Waals surface area contributed by atoms with Crippen molar-refractivity contribution in [2.24, 2.45) is 4.99 Å². The van der Waals surface area contributed by atoms with Gasteiger partial charge in [-0.2, -0.15) is 0 Å². The minimum Gasteiger partial charge on any atom is -0.444 e. The molecule has 0 bridgehead atoms. The Morgan fingerprint density at radius 2 is 1.80 bits per heavy atom. The highest BCUT2D eigenvalue weighted by atomic mass is 16.6. The Morgan fingerprint density at radius 3 is 2.40 bits per heavy atom. The molecule has 0 radical (unpaired) electrons. The maximum Gasteiger partial charge on any atom is 0.407 e. The molecule has 0 fully saturated rings. The Balaban J connectivity index is 4.01. The number of carbonyl (C=O) groups excluding carboxylic acids is 1. The lowest BCUT2D eigenvalue weighted by atomic mass is 10.2. The first-order valence-corrected chi connectivity index (χ1v) is 8.95. The van der Waals surface area contributed by atoms with Crippen LogP contribution in [0, 0.1) is 0 Å². The Morgan fingerprint density at radius 1 is 1.12 bits per heavy atom. The molecule has 0 unspecified atom stereocenters. The lowest BCUT2D eigenvalue weighted by Crippen LogP contribution is -2.42. The van der Waals surface area contributed by atoms with Crippen molar-refractivity contribution in [1.82, 2.24) is 20.9 Å². The van der Waals surface area contributed by atoms with E-state index in [0.29, 0.717) is 19.6 Å². The molecule has 0 saturated heterocycles. The number of guanidine groups is 1. The van der Waals surface area contributed by atoms with Gasteiger partial charge in [-0.15, -0.1) is 0 Å². The van der Waals surface area contributed by atoms with Crippen molar-refractivity contribution in [3.63, 3.8) is 0 Å². The van der Waals surface area contributed by atoms with Crippen LogP contribution in [0.4, 0.5) is 4.79 Å². The molecular formula is C17H37N5O3. The number of methoxy groups -OCH3 is 1. The summed E-state index contributed by atoms with van der Waals surface area (Å²) in [6.07, 6.45) is 0.611. The van der Waals surface area contributed by atoms with Crippen molar-refractivity contribution < 1.29 is 14.3 Å². The van der Waals surface area contributed by atoms with E-state index in [1.165, 1.54) is 0 Å². The fourth-order valence-corrected chi connectivity index (χ4v) is 1.92. The summed E-state index contributed by atoms with van der Waals surface area (Å²) in [4.78, 5) is 18.3. The van der Waals surface area contributed by atoms with Crippen LogP contribution in [0.15, 0.2) is 4.99 Å². The van der Waals surface area contributed by atoms with Crippen LogP contribution in [-0.4, -0.2) is 82.6 Å². The molecule has 0 aromatic rings. The average molecular weight is 360 g/mol. The van der Waals surface area contributed by atoms with E-state index in [1.807, 2.05) is 27.7 Å². The lowest BCUT2D eigenvalue weighted by molar-refractivity contribution is 0.0529. The highest BCUT2D eigenvalue weighted by Gasteiger charge is 2.15. The maximum atomic E-state index is 11.6. The number of ether oxygens (including phenoxy) is 2. The zero-order chi connectivity index (χ0) is 19.1. The van der Waals surface area contributed by atoms with Crippen LogP contribution in [0.5, 0.6) is 0 Å². The lowest BCUT2D eigenvalue weighted by Gasteiger charge is -2.20. The fourth-order valence-electron chi connectivity index (χ4n) is 1.92. The smallest absolute Gasteiger partial charge is 0.407 e. The molecule has 3 N–H and O–H groups in total. The van der Waals surface area contributed by atoms with Crippen molar-refractivity contribution in [2.45, 2.75) is 39.7 Å². The van der Waals surface area contributed by atoms with Gasteiger partial charge in [0.2, 0.25) is 0 Å². The molecule has 0 aliphatic rings. The summed E-state index contributed by atoms with van der Waals surface area (Å²) in [5, 5.41) is 9.10. The SMILES string of the molecule is CCNC(=NCCN(C)CCCOC)NCCNC(=O)OC(C)(C)C. The van der Waals surface area contributed by atoms with Crippen molar-refractivity contribution in [3.8, 4) is 0 Å². The molecule has 0 saturated carbocycles. The largest absolute Gasteiger partial charge is 0.444 e. The summed E-state index contributed by atoms with van der Waals surface area (Å²) >= 11 is 0. The monoisotopic (exact) mass is 359 g/mol. The van der Waals surface area contributed by atoms with Crippen LogP contribution in [-0.2, 0) is 9.47 Å². The van der Waals surface area contributed by atoms with Crippen LogP contribution in [0.25, 0.3) is 0 Å². The zero-order valence-electron chi connectivity index (χ0n) is 16.8. The zero-order valence-corrected chi connectivity index (χ0v) is 16.8. The standard InChI is InChI=1S/C17H37N5O3/c1-7-18-15(20-11-13-22(5)12-8-14-24-6)19-9-10-21-16(23)25-17(2,3)4/h7-14H2,1-6H3,(H,21,23)(H2,18,19,20). The molecule has 0 aliphatic carbocycles. The summed E-state index contributed by atoms with van der Waals surface area (Å²) in [6, 6.07) is 0. The second-order valence-electron chi connectivity index (χ2n) is 6.77. The van der Waals surface area contributed by atoms with E-state index in [-0.39, 0.29) is 0 Å².